The monoisotopic (exact) mass is 324 g/mol. The van der Waals surface area contributed by atoms with Gasteiger partial charge in [-0.3, -0.25) is 14.6 Å². The molecular weight excluding hydrogens is 308 g/mol. The van der Waals surface area contributed by atoms with Crippen LogP contribution in [0.25, 0.3) is 0 Å². The molecule has 122 valence electrons. The first-order valence-electron chi connectivity index (χ1n) is 7.44. The third-order valence-electron chi connectivity index (χ3n) is 4.07. The molecular formula is C17H16N4O3. The lowest BCUT2D eigenvalue weighted by Crippen LogP contribution is -2.38. The average Bonchev–Trinajstić information content (AvgIpc) is 3.37. The molecule has 1 aliphatic carbocycles. The normalized spacial score (nSPS) is 18.6. The number of aromatic amines is 1. The van der Waals surface area contributed by atoms with Crippen molar-refractivity contribution < 1.29 is 4.79 Å². The van der Waals surface area contributed by atoms with E-state index in [1.807, 2.05) is 30.3 Å². The number of amides is 1. The number of benzene rings is 1. The van der Waals surface area contributed by atoms with Gasteiger partial charge in [-0.05, 0) is 17.9 Å². The molecule has 1 aliphatic rings. The van der Waals surface area contributed by atoms with E-state index in [0.29, 0.717) is 6.42 Å². The van der Waals surface area contributed by atoms with Gasteiger partial charge >= 0.3 is 5.69 Å². The number of carbonyl (C=O) groups is 1. The standard InChI is InChI=1S/C17H16N4O3/c1-2-8-21-16(23)13(14(18)20-17(21)24)19-15(22)12-9-11(12)10-6-4-3-5-7-10/h1,3-7,11-12H,8-9,18H2,(H,19,22)(H,20,24)/t11-,12+/m0/s1. The van der Waals surface area contributed by atoms with Crippen LogP contribution in [0.1, 0.15) is 17.9 Å². The van der Waals surface area contributed by atoms with Crippen molar-refractivity contribution in [1.29, 1.82) is 0 Å². The van der Waals surface area contributed by atoms with E-state index in [9.17, 15) is 14.4 Å². The molecule has 2 atom stereocenters. The molecule has 1 heterocycles. The summed E-state index contributed by atoms with van der Waals surface area (Å²) in [4.78, 5) is 38.7. The van der Waals surface area contributed by atoms with Crippen molar-refractivity contribution in [2.24, 2.45) is 5.92 Å². The van der Waals surface area contributed by atoms with Crippen LogP contribution < -0.4 is 22.3 Å². The Labute approximate surface area is 137 Å². The van der Waals surface area contributed by atoms with Gasteiger partial charge in [0.15, 0.2) is 0 Å². The van der Waals surface area contributed by atoms with Gasteiger partial charge in [-0.25, -0.2) is 9.36 Å². The summed E-state index contributed by atoms with van der Waals surface area (Å²) in [5.41, 5.74) is 5.19. The average molecular weight is 324 g/mol. The van der Waals surface area contributed by atoms with E-state index in [0.717, 1.165) is 10.1 Å². The minimum atomic E-state index is -0.709. The summed E-state index contributed by atoms with van der Waals surface area (Å²) in [5.74, 6) is 1.65. The number of nitrogen functional groups attached to an aromatic ring is 1. The lowest BCUT2D eigenvalue weighted by molar-refractivity contribution is -0.117. The lowest BCUT2D eigenvalue weighted by atomic mass is 10.1. The Morgan fingerprint density at radius 1 is 1.38 bits per heavy atom. The molecule has 0 saturated heterocycles. The topological polar surface area (TPSA) is 110 Å². The zero-order valence-electron chi connectivity index (χ0n) is 12.8. The van der Waals surface area contributed by atoms with Gasteiger partial charge in [-0.15, -0.1) is 6.42 Å². The molecule has 0 bridgehead atoms. The number of rotatable bonds is 4. The van der Waals surface area contributed by atoms with Crippen LogP contribution in [0.3, 0.4) is 0 Å². The number of carbonyl (C=O) groups excluding carboxylic acids is 1. The van der Waals surface area contributed by atoms with E-state index >= 15 is 0 Å². The van der Waals surface area contributed by atoms with Crippen LogP contribution >= 0.6 is 0 Å². The second kappa shape index (κ2) is 6.08. The van der Waals surface area contributed by atoms with Gasteiger partial charge in [0, 0.05) is 5.92 Å². The van der Waals surface area contributed by atoms with Gasteiger partial charge in [0.2, 0.25) is 5.91 Å². The Morgan fingerprint density at radius 3 is 2.75 bits per heavy atom. The number of aromatic nitrogens is 2. The predicted molar refractivity (Wildman–Crippen MR) is 90.5 cm³/mol. The maximum absolute atomic E-state index is 12.4. The fraction of sp³-hybridized carbons (Fsp3) is 0.235. The Bertz CT molecular complexity index is 937. The quantitative estimate of drug-likeness (QED) is 0.711. The van der Waals surface area contributed by atoms with Crippen LogP contribution in [0, 0.1) is 18.3 Å². The summed E-state index contributed by atoms with van der Waals surface area (Å²) >= 11 is 0. The van der Waals surface area contributed by atoms with Crippen molar-refractivity contribution in [2.75, 3.05) is 11.1 Å². The summed E-state index contributed by atoms with van der Waals surface area (Å²) in [6, 6.07) is 9.68. The summed E-state index contributed by atoms with van der Waals surface area (Å²) < 4.78 is 0.813. The number of anilines is 2. The fourth-order valence-corrected chi connectivity index (χ4v) is 2.71. The molecule has 1 aromatic carbocycles. The molecule has 1 aromatic heterocycles. The Hall–Kier alpha value is -3.27. The number of nitrogens with two attached hydrogens (primary N) is 1. The number of nitrogens with one attached hydrogen (secondary N) is 2. The molecule has 1 fully saturated rings. The van der Waals surface area contributed by atoms with Crippen LogP contribution in [0.4, 0.5) is 11.5 Å². The molecule has 4 N–H and O–H groups in total. The smallest absolute Gasteiger partial charge is 0.330 e. The highest BCUT2D eigenvalue weighted by atomic mass is 16.2. The summed E-state index contributed by atoms with van der Waals surface area (Å²) in [6.07, 6.45) is 5.85. The van der Waals surface area contributed by atoms with Crippen molar-refractivity contribution in [1.82, 2.24) is 9.55 Å². The van der Waals surface area contributed by atoms with Crippen LogP contribution in [-0.2, 0) is 11.3 Å². The Balaban J connectivity index is 1.81. The summed E-state index contributed by atoms with van der Waals surface area (Å²) in [5, 5.41) is 2.53. The van der Waals surface area contributed by atoms with Gasteiger partial charge < -0.3 is 11.1 Å². The molecule has 3 rings (SSSR count). The van der Waals surface area contributed by atoms with Gasteiger partial charge in [-0.2, -0.15) is 0 Å². The minimum Gasteiger partial charge on any atom is -0.383 e. The number of nitrogens with zero attached hydrogens (tertiary/aromatic N) is 1. The van der Waals surface area contributed by atoms with E-state index in [1.54, 1.807) is 0 Å². The predicted octanol–water partition coefficient (Wildman–Crippen LogP) is 0.494. The molecule has 0 spiro atoms. The second-order valence-corrected chi connectivity index (χ2v) is 5.66. The van der Waals surface area contributed by atoms with Crippen LogP contribution in [0.2, 0.25) is 0 Å². The van der Waals surface area contributed by atoms with Gasteiger partial charge in [0.05, 0.1) is 6.54 Å². The van der Waals surface area contributed by atoms with Gasteiger partial charge in [0.1, 0.15) is 11.5 Å². The van der Waals surface area contributed by atoms with E-state index in [4.69, 9.17) is 12.2 Å². The van der Waals surface area contributed by atoms with E-state index in [-0.39, 0.29) is 35.8 Å². The first-order chi connectivity index (χ1) is 11.5. The van der Waals surface area contributed by atoms with Crippen molar-refractivity contribution in [3.8, 4) is 12.3 Å². The van der Waals surface area contributed by atoms with Gasteiger partial charge in [-0.1, -0.05) is 36.3 Å². The largest absolute Gasteiger partial charge is 0.383 e. The van der Waals surface area contributed by atoms with E-state index < -0.39 is 11.2 Å². The molecule has 0 radical (unpaired) electrons. The first kappa shape index (κ1) is 15.6. The molecule has 7 heteroatoms. The molecule has 0 aliphatic heterocycles. The maximum atomic E-state index is 12.4. The molecule has 24 heavy (non-hydrogen) atoms. The van der Waals surface area contributed by atoms with Crippen LogP contribution in [0.15, 0.2) is 39.9 Å². The summed E-state index contributed by atoms with van der Waals surface area (Å²) in [7, 11) is 0. The molecule has 2 aromatic rings. The minimum absolute atomic E-state index is 0.128. The maximum Gasteiger partial charge on any atom is 0.330 e. The highest BCUT2D eigenvalue weighted by Crippen LogP contribution is 2.47. The SMILES string of the molecule is C#CCn1c(=O)[nH]c(N)c(NC(=O)[C@@H]2C[C@H]2c2ccccc2)c1=O. The second-order valence-electron chi connectivity index (χ2n) is 5.66. The number of hydrogen-bond acceptors (Lipinski definition) is 4. The lowest BCUT2D eigenvalue weighted by Gasteiger charge is -2.09. The zero-order valence-corrected chi connectivity index (χ0v) is 12.8. The van der Waals surface area contributed by atoms with Gasteiger partial charge in [0.25, 0.3) is 5.56 Å². The molecule has 1 saturated carbocycles. The Morgan fingerprint density at radius 2 is 2.08 bits per heavy atom. The van der Waals surface area contributed by atoms with Crippen molar-refractivity contribution >= 4 is 17.4 Å². The highest BCUT2D eigenvalue weighted by Gasteiger charge is 2.44. The van der Waals surface area contributed by atoms with Crippen molar-refractivity contribution in [2.45, 2.75) is 18.9 Å². The van der Waals surface area contributed by atoms with Crippen LogP contribution in [-0.4, -0.2) is 15.5 Å². The summed E-state index contributed by atoms with van der Waals surface area (Å²) in [6.45, 7) is -0.201. The zero-order chi connectivity index (χ0) is 17.3. The van der Waals surface area contributed by atoms with E-state index in [2.05, 4.69) is 16.2 Å². The Kier molecular flexibility index (Phi) is 3.96. The number of H-pyrrole nitrogens is 1. The van der Waals surface area contributed by atoms with Crippen molar-refractivity contribution in [3.05, 3.63) is 56.7 Å². The third kappa shape index (κ3) is 2.82. The van der Waals surface area contributed by atoms with E-state index in [1.165, 1.54) is 0 Å². The molecule has 7 nitrogen and oxygen atoms in total. The molecule has 0 unspecified atom stereocenters. The number of hydrogen-bond donors (Lipinski definition) is 3. The highest BCUT2D eigenvalue weighted by molar-refractivity contribution is 5.96. The first-order valence-corrected chi connectivity index (χ1v) is 7.44. The molecule has 1 amide bonds. The number of terminal acetylenes is 1. The van der Waals surface area contributed by atoms with Crippen LogP contribution in [0.5, 0.6) is 0 Å². The van der Waals surface area contributed by atoms with Crippen molar-refractivity contribution in [3.63, 3.8) is 0 Å². The fourth-order valence-electron chi connectivity index (χ4n) is 2.71. The third-order valence-corrected chi connectivity index (χ3v) is 4.07.